The third-order valence-electron chi connectivity index (χ3n) is 2.62. The maximum absolute atomic E-state index is 11.8. The van der Waals surface area contributed by atoms with Gasteiger partial charge in [-0.3, -0.25) is 4.79 Å². The molecule has 106 valence electrons. The number of rotatable bonds is 7. The van der Waals surface area contributed by atoms with Gasteiger partial charge in [0.1, 0.15) is 0 Å². The minimum atomic E-state index is -0.866. The summed E-state index contributed by atoms with van der Waals surface area (Å²) in [6.45, 7) is 4.60. The van der Waals surface area contributed by atoms with Gasteiger partial charge in [0.25, 0.3) is 0 Å². The van der Waals surface area contributed by atoms with Crippen molar-refractivity contribution in [3.05, 3.63) is 35.9 Å². The van der Waals surface area contributed by atoms with Crippen LogP contribution in [-0.4, -0.2) is 41.7 Å². The van der Waals surface area contributed by atoms with Gasteiger partial charge in [0.2, 0.25) is 5.91 Å². The smallest absolute Gasteiger partial charge is 0.224 e. The van der Waals surface area contributed by atoms with Crippen molar-refractivity contribution in [3.63, 3.8) is 0 Å². The third-order valence-corrected chi connectivity index (χ3v) is 2.62. The maximum Gasteiger partial charge on any atom is 0.224 e. The Bertz CT molecular complexity index is 384. The second-order valence-electron chi connectivity index (χ2n) is 5.35. The fraction of sp³-hybridized carbons (Fsp3) is 0.533. The van der Waals surface area contributed by atoms with Crippen LogP contribution in [0.4, 0.5) is 0 Å². The molecule has 4 nitrogen and oxygen atoms in total. The Morgan fingerprint density at radius 3 is 2.53 bits per heavy atom. The Balaban J connectivity index is 2.20. The van der Waals surface area contributed by atoms with E-state index in [0.29, 0.717) is 26.2 Å². The molecule has 0 bridgehead atoms. The van der Waals surface area contributed by atoms with Crippen LogP contribution < -0.4 is 0 Å². The Hall–Kier alpha value is -1.39. The third kappa shape index (κ3) is 6.94. The molecule has 0 aliphatic carbocycles. The average Bonchev–Trinajstić information content (AvgIpc) is 2.33. The van der Waals surface area contributed by atoms with Gasteiger partial charge in [-0.15, -0.1) is 0 Å². The van der Waals surface area contributed by atoms with Gasteiger partial charge < -0.3 is 14.7 Å². The molecule has 0 radical (unpaired) electrons. The molecule has 0 saturated heterocycles. The molecule has 1 rings (SSSR count). The lowest BCUT2D eigenvalue weighted by Crippen LogP contribution is -2.40. The number of carbonyl (C=O) groups excluding carboxylic acids is 1. The number of hydrogen-bond acceptors (Lipinski definition) is 3. The highest BCUT2D eigenvalue weighted by atomic mass is 16.5. The molecule has 19 heavy (non-hydrogen) atoms. The summed E-state index contributed by atoms with van der Waals surface area (Å²) in [6.07, 6.45) is 0.333. The van der Waals surface area contributed by atoms with Gasteiger partial charge in [-0.2, -0.15) is 0 Å². The lowest BCUT2D eigenvalue weighted by Gasteiger charge is -2.25. The second-order valence-corrected chi connectivity index (χ2v) is 5.35. The number of nitrogens with zero attached hydrogens (tertiary/aromatic N) is 1. The fourth-order valence-electron chi connectivity index (χ4n) is 1.78. The first-order valence-corrected chi connectivity index (χ1v) is 6.46. The van der Waals surface area contributed by atoms with E-state index < -0.39 is 5.60 Å². The molecular weight excluding hydrogens is 242 g/mol. The van der Waals surface area contributed by atoms with Crippen molar-refractivity contribution < 1.29 is 14.6 Å². The van der Waals surface area contributed by atoms with Crippen molar-refractivity contribution in [1.82, 2.24) is 4.90 Å². The molecule has 0 heterocycles. The first-order chi connectivity index (χ1) is 8.88. The van der Waals surface area contributed by atoms with E-state index in [4.69, 9.17) is 4.74 Å². The number of amides is 1. The molecule has 0 saturated carbocycles. The highest BCUT2D eigenvalue weighted by molar-refractivity contribution is 5.76. The summed E-state index contributed by atoms with van der Waals surface area (Å²) in [4.78, 5) is 13.3. The molecule has 0 atom stereocenters. The summed E-state index contributed by atoms with van der Waals surface area (Å²) >= 11 is 0. The van der Waals surface area contributed by atoms with Gasteiger partial charge in [0.15, 0.2) is 0 Å². The molecule has 0 aliphatic heterocycles. The van der Waals surface area contributed by atoms with Crippen molar-refractivity contribution in [2.75, 3.05) is 20.2 Å². The minimum absolute atomic E-state index is 0.0183. The Morgan fingerprint density at radius 2 is 1.95 bits per heavy atom. The number of benzene rings is 1. The monoisotopic (exact) mass is 265 g/mol. The molecule has 4 heteroatoms. The molecule has 0 unspecified atom stereocenters. The molecule has 0 aliphatic rings. The van der Waals surface area contributed by atoms with Crippen LogP contribution in [0.3, 0.4) is 0 Å². The van der Waals surface area contributed by atoms with Gasteiger partial charge in [-0.05, 0) is 19.4 Å². The summed E-state index contributed by atoms with van der Waals surface area (Å²) < 4.78 is 5.46. The number of hydrogen-bond donors (Lipinski definition) is 1. The van der Waals surface area contributed by atoms with Crippen LogP contribution in [0.15, 0.2) is 30.3 Å². The maximum atomic E-state index is 11.8. The van der Waals surface area contributed by atoms with Crippen LogP contribution in [0.25, 0.3) is 0 Å². The molecule has 1 aromatic carbocycles. The molecular formula is C15H23NO3. The molecule has 1 amide bonds. The van der Waals surface area contributed by atoms with Crippen LogP contribution in [0.5, 0.6) is 0 Å². The predicted octanol–water partition coefficient (Wildman–Crippen LogP) is 1.82. The zero-order chi connectivity index (χ0) is 14.3. The van der Waals surface area contributed by atoms with E-state index >= 15 is 0 Å². The first kappa shape index (κ1) is 15.7. The van der Waals surface area contributed by atoms with Crippen LogP contribution in [0, 0.1) is 0 Å². The molecule has 0 fully saturated rings. The van der Waals surface area contributed by atoms with E-state index in [1.54, 1.807) is 20.9 Å². The Kier molecular flexibility index (Phi) is 5.99. The van der Waals surface area contributed by atoms with E-state index in [2.05, 4.69) is 0 Å². The lowest BCUT2D eigenvalue weighted by molar-refractivity contribution is -0.133. The zero-order valence-electron chi connectivity index (χ0n) is 11.9. The molecule has 0 aromatic heterocycles. The topological polar surface area (TPSA) is 49.8 Å². The standard InChI is InChI=1S/C15H23NO3/c1-15(2,18)12-16(3)14(17)9-10-19-11-13-7-5-4-6-8-13/h4-8,18H,9-12H2,1-3H3. The number of ether oxygens (including phenoxy) is 1. The summed E-state index contributed by atoms with van der Waals surface area (Å²) in [5.74, 6) is -0.0183. The first-order valence-electron chi connectivity index (χ1n) is 6.46. The van der Waals surface area contributed by atoms with Crippen molar-refractivity contribution in [2.24, 2.45) is 0 Å². The Morgan fingerprint density at radius 1 is 1.32 bits per heavy atom. The quantitative estimate of drug-likeness (QED) is 0.765. The largest absolute Gasteiger partial charge is 0.389 e. The van der Waals surface area contributed by atoms with E-state index in [9.17, 15) is 9.90 Å². The van der Waals surface area contributed by atoms with Crippen LogP contribution in [0.2, 0.25) is 0 Å². The van der Waals surface area contributed by atoms with Crippen molar-refractivity contribution in [2.45, 2.75) is 32.5 Å². The van der Waals surface area contributed by atoms with E-state index in [0.717, 1.165) is 5.56 Å². The van der Waals surface area contributed by atoms with Crippen molar-refractivity contribution in [1.29, 1.82) is 0 Å². The highest BCUT2D eigenvalue weighted by Gasteiger charge is 2.18. The number of likely N-dealkylation sites (N-methyl/N-ethyl adjacent to an activating group) is 1. The highest BCUT2D eigenvalue weighted by Crippen LogP contribution is 2.05. The van der Waals surface area contributed by atoms with E-state index in [-0.39, 0.29) is 5.91 Å². The molecule has 1 aromatic rings. The molecule has 1 N–H and O–H groups in total. The zero-order valence-corrected chi connectivity index (χ0v) is 11.9. The molecule has 0 spiro atoms. The minimum Gasteiger partial charge on any atom is -0.389 e. The number of aliphatic hydroxyl groups is 1. The summed E-state index contributed by atoms with van der Waals surface area (Å²) in [7, 11) is 1.69. The summed E-state index contributed by atoms with van der Waals surface area (Å²) in [5, 5.41) is 9.63. The van der Waals surface area contributed by atoms with Crippen molar-refractivity contribution >= 4 is 5.91 Å². The summed E-state index contributed by atoms with van der Waals surface area (Å²) in [6, 6.07) is 9.85. The second kappa shape index (κ2) is 7.26. The summed E-state index contributed by atoms with van der Waals surface area (Å²) in [5.41, 5.74) is 0.231. The normalized spacial score (nSPS) is 11.4. The average molecular weight is 265 g/mol. The van der Waals surface area contributed by atoms with E-state index in [1.165, 1.54) is 4.90 Å². The SMILES string of the molecule is CN(CC(C)(C)O)C(=O)CCOCc1ccccc1. The van der Waals surface area contributed by atoms with Gasteiger partial charge in [-0.25, -0.2) is 0 Å². The van der Waals surface area contributed by atoms with Crippen LogP contribution >= 0.6 is 0 Å². The van der Waals surface area contributed by atoms with Crippen LogP contribution in [0.1, 0.15) is 25.8 Å². The predicted molar refractivity (Wildman–Crippen MR) is 74.6 cm³/mol. The number of carbonyl (C=O) groups is 1. The van der Waals surface area contributed by atoms with Gasteiger partial charge >= 0.3 is 0 Å². The lowest BCUT2D eigenvalue weighted by atomic mass is 10.1. The van der Waals surface area contributed by atoms with Crippen molar-refractivity contribution in [3.8, 4) is 0 Å². The van der Waals surface area contributed by atoms with Gasteiger partial charge in [-0.1, -0.05) is 30.3 Å². The van der Waals surface area contributed by atoms with Gasteiger partial charge in [0.05, 0.1) is 25.2 Å². The van der Waals surface area contributed by atoms with Gasteiger partial charge in [0, 0.05) is 13.6 Å². The van der Waals surface area contributed by atoms with Crippen LogP contribution in [-0.2, 0) is 16.1 Å². The fourth-order valence-corrected chi connectivity index (χ4v) is 1.78. The Labute approximate surface area is 115 Å². The van der Waals surface area contributed by atoms with E-state index in [1.807, 2.05) is 30.3 Å².